The van der Waals surface area contributed by atoms with Gasteiger partial charge in [0.2, 0.25) is 5.88 Å². The van der Waals surface area contributed by atoms with Crippen molar-refractivity contribution in [3.05, 3.63) is 23.9 Å². The molecule has 4 heteroatoms. The quantitative estimate of drug-likeness (QED) is 0.831. The first-order valence-corrected chi connectivity index (χ1v) is 9.17. The summed E-state index contributed by atoms with van der Waals surface area (Å²) >= 11 is 0. The van der Waals surface area contributed by atoms with E-state index in [0.29, 0.717) is 29.8 Å². The van der Waals surface area contributed by atoms with Crippen molar-refractivity contribution in [2.45, 2.75) is 77.5 Å². The Morgan fingerprint density at radius 2 is 1.96 bits per heavy atom. The van der Waals surface area contributed by atoms with Gasteiger partial charge < -0.3 is 4.74 Å². The number of hydroxylamine groups is 2. The number of aromatic nitrogens is 1. The third kappa shape index (κ3) is 2.84. The van der Waals surface area contributed by atoms with Crippen LogP contribution in [0.15, 0.2) is 18.2 Å². The number of hydrogen-bond acceptors (Lipinski definition) is 4. The molecule has 0 radical (unpaired) electrons. The molecule has 0 aromatic carbocycles. The zero-order valence-electron chi connectivity index (χ0n) is 16.2. The second-order valence-corrected chi connectivity index (χ2v) is 8.76. The molecule has 1 aliphatic heterocycles. The van der Waals surface area contributed by atoms with Gasteiger partial charge in [-0.3, -0.25) is 4.84 Å². The Kier molecular flexibility index (Phi) is 4.42. The SMILES string of the molecule is COc1cccc(C2(C)CC(C)C3C(C2)C(C)(C)ON3C(C)C)n1. The van der Waals surface area contributed by atoms with Gasteiger partial charge in [0.05, 0.1) is 18.4 Å². The van der Waals surface area contributed by atoms with Crippen LogP contribution >= 0.6 is 0 Å². The normalized spacial score (nSPS) is 35.9. The average molecular weight is 332 g/mol. The number of methoxy groups -OCH3 is 1. The molecule has 1 aromatic heterocycles. The van der Waals surface area contributed by atoms with Gasteiger partial charge in [-0.25, -0.2) is 4.98 Å². The lowest BCUT2D eigenvalue weighted by Gasteiger charge is -2.46. The van der Waals surface area contributed by atoms with Crippen LogP contribution in [0.3, 0.4) is 0 Å². The van der Waals surface area contributed by atoms with Crippen LogP contribution in [0.4, 0.5) is 0 Å². The number of fused-ring (bicyclic) bond motifs is 1. The molecule has 1 aromatic rings. The highest BCUT2D eigenvalue weighted by atomic mass is 16.7. The van der Waals surface area contributed by atoms with Crippen molar-refractivity contribution in [2.75, 3.05) is 7.11 Å². The summed E-state index contributed by atoms with van der Waals surface area (Å²) in [5.74, 6) is 1.77. The van der Waals surface area contributed by atoms with Gasteiger partial charge in [0, 0.05) is 29.5 Å². The Labute approximate surface area is 146 Å². The highest BCUT2D eigenvalue weighted by molar-refractivity contribution is 5.25. The molecule has 3 rings (SSSR count). The van der Waals surface area contributed by atoms with E-state index in [-0.39, 0.29) is 11.0 Å². The molecule has 0 N–H and O–H groups in total. The second-order valence-electron chi connectivity index (χ2n) is 8.76. The summed E-state index contributed by atoms with van der Waals surface area (Å²) in [6.07, 6.45) is 2.22. The van der Waals surface area contributed by atoms with E-state index in [1.165, 1.54) is 0 Å². The Balaban J connectivity index is 1.95. The van der Waals surface area contributed by atoms with Crippen molar-refractivity contribution in [1.29, 1.82) is 0 Å². The summed E-state index contributed by atoms with van der Waals surface area (Å²) in [5.41, 5.74) is 1.07. The number of hydrogen-bond donors (Lipinski definition) is 0. The Hall–Kier alpha value is -1.13. The average Bonchev–Trinajstić information content (AvgIpc) is 2.79. The number of ether oxygens (including phenoxy) is 1. The number of nitrogens with zero attached hydrogens (tertiary/aromatic N) is 2. The predicted molar refractivity (Wildman–Crippen MR) is 96.0 cm³/mol. The smallest absolute Gasteiger partial charge is 0.213 e. The highest BCUT2D eigenvalue weighted by Gasteiger charge is 2.57. The number of pyridine rings is 1. The molecule has 2 fully saturated rings. The summed E-state index contributed by atoms with van der Waals surface area (Å²) in [5, 5.41) is 2.26. The molecular weight excluding hydrogens is 300 g/mol. The first-order valence-electron chi connectivity index (χ1n) is 9.17. The van der Waals surface area contributed by atoms with E-state index in [2.05, 4.69) is 58.7 Å². The maximum atomic E-state index is 6.39. The van der Waals surface area contributed by atoms with E-state index in [9.17, 15) is 0 Å². The number of rotatable bonds is 3. The molecule has 4 atom stereocenters. The molecule has 1 aliphatic carbocycles. The van der Waals surface area contributed by atoms with E-state index < -0.39 is 0 Å². The molecular formula is C20H32N2O2. The Morgan fingerprint density at radius 3 is 2.58 bits per heavy atom. The molecule has 0 spiro atoms. The van der Waals surface area contributed by atoms with Crippen molar-refractivity contribution < 1.29 is 9.57 Å². The Morgan fingerprint density at radius 1 is 1.25 bits per heavy atom. The van der Waals surface area contributed by atoms with Crippen LogP contribution in [-0.2, 0) is 10.3 Å². The van der Waals surface area contributed by atoms with E-state index in [1.54, 1.807) is 7.11 Å². The van der Waals surface area contributed by atoms with Crippen LogP contribution in [0, 0.1) is 11.8 Å². The largest absolute Gasteiger partial charge is 0.481 e. The summed E-state index contributed by atoms with van der Waals surface area (Å²) in [6.45, 7) is 13.7. The van der Waals surface area contributed by atoms with E-state index in [1.807, 2.05) is 6.07 Å². The zero-order chi connectivity index (χ0) is 17.7. The third-order valence-electron chi connectivity index (χ3n) is 6.03. The van der Waals surface area contributed by atoms with Crippen LogP contribution in [0.1, 0.15) is 60.1 Å². The fourth-order valence-electron chi connectivity index (χ4n) is 4.93. The molecule has 2 heterocycles. The molecule has 4 nitrogen and oxygen atoms in total. The summed E-state index contributed by atoms with van der Waals surface area (Å²) in [6, 6.07) is 7.02. The lowest BCUT2D eigenvalue weighted by molar-refractivity contribution is -0.215. The van der Waals surface area contributed by atoms with Gasteiger partial charge in [0.25, 0.3) is 0 Å². The minimum atomic E-state index is -0.135. The van der Waals surface area contributed by atoms with Crippen molar-refractivity contribution >= 4 is 0 Å². The summed E-state index contributed by atoms with van der Waals surface area (Å²) in [7, 11) is 1.68. The van der Waals surface area contributed by atoms with Gasteiger partial charge >= 0.3 is 0 Å². The lowest BCUT2D eigenvalue weighted by atomic mass is 9.60. The lowest BCUT2D eigenvalue weighted by Crippen LogP contribution is -2.50. The van der Waals surface area contributed by atoms with Gasteiger partial charge in [0.15, 0.2) is 0 Å². The Bertz CT molecular complexity index is 601. The molecule has 1 saturated heterocycles. The maximum absolute atomic E-state index is 6.39. The monoisotopic (exact) mass is 332 g/mol. The van der Waals surface area contributed by atoms with Gasteiger partial charge in [0.1, 0.15) is 0 Å². The van der Waals surface area contributed by atoms with Crippen LogP contribution < -0.4 is 4.74 Å². The first kappa shape index (κ1) is 17.7. The molecule has 4 unspecified atom stereocenters. The topological polar surface area (TPSA) is 34.6 Å². The second kappa shape index (κ2) is 5.99. The zero-order valence-corrected chi connectivity index (χ0v) is 16.2. The fraction of sp³-hybridized carbons (Fsp3) is 0.750. The molecule has 0 bridgehead atoms. The minimum absolute atomic E-state index is 0.0583. The standard InChI is InChI=1S/C20H32N2O2/c1-13(2)22-18-14(3)11-20(6,12-15(18)19(4,5)24-22)16-9-8-10-17(21-16)23-7/h8-10,13-15,18H,11-12H2,1-7H3. The van der Waals surface area contributed by atoms with Crippen LogP contribution in [0.2, 0.25) is 0 Å². The first-order chi connectivity index (χ1) is 11.2. The van der Waals surface area contributed by atoms with Crippen LogP contribution in [0.5, 0.6) is 5.88 Å². The van der Waals surface area contributed by atoms with Gasteiger partial charge in [-0.05, 0) is 52.5 Å². The molecule has 134 valence electrons. The fourth-order valence-corrected chi connectivity index (χ4v) is 4.93. The molecule has 1 saturated carbocycles. The summed E-state index contributed by atoms with van der Waals surface area (Å²) < 4.78 is 5.35. The minimum Gasteiger partial charge on any atom is -0.481 e. The van der Waals surface area contributed by atoms with Gasteiger partial charge in [-0.1, -0.05) is 19.9 Å². The van der Waals surface area contributed by atoms with E-state index >= 15 is 0 Å². The summed E-state index contributed by atoms with van der Waals surface area (Å²) in [4.78, 5) is 11.2. The predicted octanol–water partition coefficient (Wildman–Crippen LogP) is 4.20. The van der Waals surface area contributed by atoms with Crippen LogP contribution in [-0.4, -0.2) is 34.8 Å². The molecule has 24 heavy (non-hydrogen) atoms. The molecule has 2 aliphatic rings. The van der Waals surface area contributed by atoms with Crippen molar-refractivity contribution in [3.8, 4) is 5.88 Å². The van der Waals surface area contributed by atoms with Crippen molar-refractivity contribution in [1.82, 2.24) is 10.0 Å². The van der Waals surface area contributed by atoms with Gasteiger partial charge in [-0.15, -0.1) is 0 Å². The van der Waals surface area contributed by atoms with E-state index in [4.69, 9.17) is 14.6 Å². The maximum Gasteiger partial charge on any atom is 0.213 e. The van der Waals surface area contributed by atoms with Gasteiger partial charge in [-0.2, -0.15) is 5.06 Å². The highest BCUT2D eigenvalue weighted by Crippen LogP contribution is 2.53. The van der Waals surface area contributed by atoms with Crippen LogP contribution in [0.25, 0.3) is 0 Å². The van der Waals surface area contributed by atoms with Crippen molar-refractivity contribution in [3.63, 3.8) is 0 Å². The van der Waals surface area contributed by atoms with E-state index in [0.717, 1.165) is 18.5 Å². The van der Waals surface area contributed by atoms with Crippen molar-refractivity contribution in [2.24, 2.45) is 11.8 Å². The third-order valence-corrected chi connectivity index (χ3v) is 6.03. The molecule has 0 amide bonds.